The maximum Gasteiger partial charge on any atom is 0.253 e. The van der Waals surface area contributed by atoms with Crippen LogP contribution in [-0.2, 0) is 4.79 Å². The van der Waals surface area contributed by atoms with Crippen LogP contribution in [0.25, 0.3) is 0 Å². The highest BCUT2D eigenvalue weighted by Crippen LogP contribution is 2.21. The zero-order valence-electron chi connectivity index (χ0n) is 14.9. The summed E-state index contributed by atoms with van der Waals surface area (Å²) in [4.78, 5) is 28.7. The fourth-order valence-corrected chi connectivity index (χ4v) is 3.04. The molecule has 1 aliphatic rings. The van der Waals surface area contributed by atoms with E-state index in [1.165, 1.54) is 0 Å². The van der Waals surface area contributed by atoms with Crippen molar-refractivity contribution in [3.8, 4) is 0 Å². The summed E-state index contributed by atoms with van der Waals surface area (Å²) in [6, 6.07) is 7.56. The molecule has 0 spiro atoms. The number of amides is 2. The molecule has 0 bridgehead atoms. The molecule has 5 heteroatoms. The van der Waals surface area contributed by atoms with E-state index in [2.05, 4.69) is 0 Å². The minimum atomic E-state index is -0.411. The number of aryl methyl sites for hydroxylation is 1. The standard InChI is InChI=1S/C19H28N2O3/c1-14-6-8-16(9-7-14)19(24)21-11-4-5-17(13-21)18(23)20(3)12-10-15(2)22/h6-9,15,17,22H,4-5,10-13H2,1-3H3. The van der Waals surface area contributed by atoms with Gasteiger partial charge in [0.1, 0.15) is 0 Å². The summed E-state index contributed by atoms with van der Waals surface area (Å²) in [5.74, 6) is -0.0802. The Labute approximate surface area is 144 Å². The van der Waals surface area contributed by atoms with E-state index in [1.54, 1.807) is 23.8 Å². The van der Waals surface area contributed by atoms with Crippen LogP contribution in [0.2, 0.25) is 0 Å². The number of aliphatic hydroxyl groups excluding tert-OH is 1. The van der Waals surface area contributed by atoms with E-state index in [0.717, 1.165) is 18.4 Å². The Hall–Kier alpha value is -1.88. The van der Waals surface area contributed by atoms with Gasteiger partial charge in [0, 0.05) is 32.2 Å². The Morgan fingerprint density at radius 1 is 1.33 bits per heavy atom. The molecule has 2 amide bonds. The number of likely N-dealkylation sites (tertiary alicyclic amines) is 1. The lowest BCUT2D eigenvalue weighted by molar-refractivity contribution is -0.135. The first-order chi connectivity index (χ1) is 11.4. The predicted molar refractivity (Wildman–Crippen MR) is 93.7 cm³/mol. The Morgan fingerprint density at radius 2 is 2.00 bits per heavy atom. The van der Waals surface area contributed by atoms with Gasteiger partial charge in [-0.25, -0.2) is 0 Å². The third kappa shape index (κ3) is 4.81. The molecule has 1 fully saturated rings. The molecule has 1 heterocycles. The van der Waals surface area contributed by atoms with E-state index >= 15 is 0 Å². The van der Waals surface area contributed by atoms with Gasteiger partial charge in [-0.15, -0.1) is 0 Å². The van der Waals surface area contributed by atoms with Crippen LogP contribution in [-0.4, -0.2) is 59.5 Å². The molecule has 2 atom stereocenters. The molecule has 132 valence electrons. The molecule has 1 aliphatic heterocycles. The fourth-order valence-electron chi connectivity index (χ4n) is 3.04. The van der Waals surface area contributed by atoms with Crippen molar-refractivity contribution in [2.45, 2.75) is 39.2 Å². The molecule has 1 saturated heterocycles. The van der Waals surface area contributed by atoms with Crippen LogP contribution in [0.4, 0.5) is 0 Å². The lowest BCUT2D eigenvalue weighted by Crippen LogP contribution is -2.46. The Balaban J connectivity index is 1.96. The van der Waals surface area contributed by atoms with E-state index in [9.17, 15) is 14.7 Å². The molecule has 24 heavy (non-hydrogen) atoms. The minimum absolute atomic E-state index is 0.000802. The second-order valence-electron chi connectivity index (χ2n) is 6.85. The first-order valence-corrected chi connectivity index (χ1v) is 8.67. The van der Waals surface area contributed by atoms with Crippen LogP contribution >= 0.6 is 0 Å². The molecule has 0 saturated carbocycles. The van der Waals surface area contributed by atoms with E-state index in [0.29, 0.717) is 31.6 Å². The predicted octanol–water partition coefficient (Wildman–Crippen LogP) is 2.08. The smallest absolute Gasteiger partial charge is 0.253 e. The Morgan fingerprint density at radius 3 is 2.62 bits per heavy atom. The number of nitrogens with zero attached hydrogens (tertiary/aromatic N) is 2. The number of rotatable bonds is 5. The van der Waals surface area contributed by atoms with Crippen molar-refractivity contribution in [3.05, 3.63) is 35.4 Å². The SMILES string of the molecule is Cc1ccc(C(=O)N2CCCC(C(=O)N(C)CCC(C)O)C2)cc1. The molecule has 2 unspecified atom stereocenters. The Kier molecular flexibility index (Phi) is 6.37. The molecule has 2 rings (SSSR count). The molecule has 0 radical (unpaired) electrons. The number of carbonyl (C=O) groups excluding carboxylic acids is 2. The zero-order valence-corrected chi connectivity index (χ0v) is 14.9. The quantitative estimate of drug-likeness (QED) is 0.898. The number of aliphatic hydroxyl groups is 1. The van der Waals surface area contributed by atoms with Gasteiger partial charge in [0.15, 0.2) is 0 Å². The first-order valence-electron chi connectivity index (χ1n) is 8.67. The highest BCUT2D eigenvalue weighted by Gasteiger charge is 2.30. The molecule has 5 nitrogen and oxygen atoms in total. The van der Waals surface area contributed by atoms with E-state index in [1.807, 2.05) is 31.2 Å². The normalized spacial score (nSPS) is 19.0. The van der Waals surface area contributed by atoms with Crippen molar-refractivity contribution in [1.29, 1.82) is 0 Å². The van der Waals surface area contributed by atoms with Crippen molar-refractivity contribution in [2.75, 3.05) is 26.7 Å². The summed E-state index contributed by atoms with van der Waals surface area (Å²) >= 11 is 0. The number of carbonyl (C=O) groups is 2. The summed E-state index contributed by atoms with van der Waals surface area (Å²) < 4.78 is 0. The summed E-state index contributed by atoms with van der Waals surface area (Å²) in [5.41, 5.74) is 1.80. The average molecular weight is 332 g/mol. The maximum atomic E-state index is 12.6. The van der Waals surface area contributed by atoms with Crippen LogP contribution in [0, 0.1) is 12.8 Å². The monoisotopic (exact) mass is 332 g/mol. The van der Waals surface area contributed by atoms with Gasteiger partial charge in [0.05, 0.1) is 12.0 Å². The van der Waals surface area contributed by atoms with Crippen LogP contribution in [0.5, 0.6) is 0 Å². The van der Waals surface area contributed by atoms with E-state index < -0.39 is 6.10 Å². The summed E-state index contributed by atoms with van der Waals surface area (Å²) in [5, 5.41) is 9.36. The van der Waals surface area contributed by atoms with Crippen molar-refractivity contribution in [3.63, 3.8) is 0 Å². The van der Waals surface area contributed by atoms with E-state index in [-0.39, 0.29) is 17.7 Å². The lowest BCUT2D eigenvalue weighted by atomic mass is 9.95. The van der Waals surface area contributed by atoms with Crippen molar-refractivity contribution in [2.24, 2.45) is 5.92 Å². The van der Waals surface area contributed by atoms with Gasteiger partial charge in [0.2, 0.25) is 5.91 Å². The third-order valence-electron chi connectivity index (χ3n) is 4.61. The first kappa shape index (κ1) is 18.5. The Bertz CT molecular complexity index is 568. The second-order valence-corrected chi connectivity index (χ2v) is 6.85. The molecule has 1 N–H and O–H groups in total. The van der Waals surface area contributed by atoms with Crippen molar-refractivity contribution >= 4 is 11.8 Å². The molecule has 0 aliphatic carbocycles. The minimum Gasteiger partial charge on any atom is -0.393 e. The molecule has 1 aromatic carbocycles. The highest BCUT2D eigenvalue weighted by atomic mass is 16.3. The van der Waals surface area contributed by atoms with Crippen molar-refractivity contribution in [1.82, 2.24) is 9.80 Å². The average Bonchev–Trinajstić information content (AvgIpc) is 2.59. The molecule has 0 aromatic heterocycles. The van der Waals surface area contributed by atoms with E-state index in [4.69, 9.17) is 0 Å². The summed E-state index contributed by atoms with van der Waals surface area (Å²) in [6.45, 7) is 5.44. The van der Waals surface area contributed by atoms with Gasteiger partial charge in [-0.2, -0.15) is 0 Å². The van der Waals surface area contributed by atoms with Crippen molar-refractivity contribution < 1.29 is 14.7 Å². The molecular formula is C19H28N2O3. The summed E-state index contributed by atoms with van der Waals surface area (Å²) in [6.07, 6.45) is 1.82. The topological polar surface area (TPSA) is 60.9 Å². The fraction of sp³-hybridized carbons (Fsp3) is 0.579. The van der Waals surface area contributed by atoms with Crippen LogP contribution in [0.3, 0.4) is 0 Å². The zero-order chi connectivity index (χ0) is 17.7. The maximum absolute atomic E-state index is 12.6. The van der Waals surface area contributed by atoms with Crippen LogP contribution < -0.4 is 0 Å². The number of hydrogen-bond acceptors (Lipinski definition) is 3. The third-order valence-corrected chi connectivity index (χ3v) is 4.61. The number of hydrogen-bond donors (Lipinski definition) is 1. The van der Waals surface area contributed by atoms with Gasteiger partial charge in [-0.05, 0) is 45.2 Å². The van der Waals surface area contributed by atoms with Gasteiger partial charge in [0.25, 0.3) is 5.91 Å². The molecular weight excluding hydrogens is 304 g/mol. The van der Waals surface area contributed by atoms with Gasteiger partial charge in [-0.1, -0.05) is 17.7 Å². The van der Waals surface area contributed by atoms with Gasteiger partial charge >= 0.3 is 0 Å². The number of piperidine rings is 1. The lowest BCUT2D eigenvalue weighted by Gasteiger charge is -2.34. The van der Waals surface area contributed by atoms with Gasteiger partial charge < -0.3 is 14.9 Å². The van der Waals surface area contributed by atoms with Gasteiger partial charge in [-0.3, -0.25) is 9.59 Å². The second kappa shape index (κ2) is 8.29. The highest BCUT2D eigenvalue weighted by molar-refractivity contribution is 5.94. The van der Waals surface area contributed by atoms with Crippen LogP contribution in [0.1, 0.15) is 42.1 Å². The molecule has 1 aromatic rings. The number of benzene rings is 1. The largest absolute Gasteiger partial charge is 0.393 e. The van der Waals surface area contributed by atoms with Crippen LogP contribution in [0.15, 0.2) is 24.3 Å². The summed E-state index contributed by atoms with van der Waals surface area (Å²) in [7, 11) is 1.77.